The number of nitrogens with two attached hydrogens (primary N) is 1. The summed E-state index contributed by atoms with van der Waals surface area (Å²) in [6.45, 7) is 7.93. The molecule has 1 aliphatic heterocycles. The lowest BCUT2D eigenvalue weighted by Gasteiger charge is -2.35. The predicted octanol–water partition coefficient (Wildman–Crippen LogP) is 2.00. The number of nitrogens with one attached hydrogen (secondary N) is 1. The molecule has 1 amide bonds. The topological polar surface area (TPSA) is 67.6 Å². The van der Waals surface area contributed by atoms with E-state index in [2.05, 4.69) is 42.3 Å². The Morgan fingerprint density at radius 1 is 1.33 bits per heavy atom. The largest absolute Gasteiger partial charge is 0.492 e. The first-order valence-corrected chi connectivity index (χ1v) is 9.01. The molecular weight excluding hydrogens is 302 g/mol. The average Bonchev–Trinajstić information content (AvgIpc) is 2.57. The van der Waals surface area contributed by atoms with Crippen molar-refractivity contribution in [2.24, 2.45) is 5.73 Å². The van der Waals surface area contributed by atoms with Crippen LogP contribution in [0.15, 0.2) is 18.2 Å². The third-order valence-electron chi connectivity index (χ3n) is 4.69. The Bertz CT molecular complexity index is 513. The minimum Gasteiger partial charge on any atom is -0.492 e. The Labute approximate surface area is 145 Å². The molecule has 0 spiro atoms. The number of ether oxygens (including phenoxy) is 1. The number of benzene rings is 1. The van der Waals surface area contributed by atoms with Crippen molar-refractivity contribution < 1.29 is 9.53 Å². The predicted molar refractivity (Wildman–Crippen MR) is 97.3 cm³/mol. The van der Waals surface area contributed by atoms with Gasteiger partial charge in [-0.25, -0.2) is 0 Å². The maximum Gasteiger partial charge on any atom is 0.221 e. The lowest BCUT2D eigenvalue weighted by atomic mass is 10.0. The number of hydrogen-bond donors (Lipinski definition) is 2. The van der Waals surface area contributed by atoms with Crippen LogP contribution in [0.25, 0.3) is 0 Å². The van der Waals surface area contributed by atoms with Crippen LogP contribution in [0.1, 0.15) is 36.8 Å². The minimum atomic E-state index is 0.0507. The first-order chi connectivity index (χ1) is 11.6. The molecule has 0 radical (unpaired) electrons. The fourth-order valence-electron chi connectivity index (χ4n) is 3.33. The van der Waals surface area contributed by atoms with Crippen LogP contribution >= 0.6 is 0 Å². The standard InChI is InChI=1S/C19H31N3O2/c1-15-6-5-7-16(2)19(15)24-13-12-22-11-4-3-8-17(22)14-21-18(23)9-10-20/h5-7,17H,3-4,8-14,20H2,1-2H3,(H,21,23). The monoisotopic (exact) mass is 333 g/mol. The third-order valence-corrected chi connectivity index (χ3v) is 4.69. The number of piperidine rings is 1. The molecule has 5 heteroatoms. The first-order valence-electron chi connectivity index (χ1n) is 9.01. The van der Waals surface area contributed by atoms with Gasteiger partial charge in [0.2, 0.25) is 5.91 Å². The van der Waals surface area contributed by atoms with Crippen LogP contribution in [-0.2, 0) is 4.79 Å². The fraction of sp³-hybridized carbons (Fsp3) is 0.632. The molecule has 1 unspecified atom stereocenters. The van der Waals surface area contributed by atoms with Crippen molar-refractivity contribution in [3.05, 3.63) is 29.3 Å². The van der Waals surface area contributed by atoms with Gasteiger partial charge in [-0.2, -0.15) is 0 Å². The molecule has 1 aromatic carbocycles. The van der Waals surface area contributed by atoms with E-state index in [1.54, 1.807) is 0 Å². The Balaban J connectivity index is 1.81. The number of aryl methyl sites for hydroxylation is 2. The fourth-order valence-corrected chi connectivity index (χ4v) is 3.33. The van der Waals surface area contributed by atoms with Crippen molar-refractivity contribution >= 4 is 5.91 Å². The summed E-state index contributed by atoms with van der Waals surface area (Å²) in [6, 6.07) is 6.63. The smallest absolute Gasteiger partial charge is 0.221 e. The zero-order chi connectivity index (χ0) is 17.4. The highest BCUT2D eigenvalue weighted by Gasteiger charge is 2.22. The molecule has 5 nitrogen and oxygen atoms in total. The molecule has 2 rings (SSSR count). The zero-order valence-electron chi connectivity index (χ0n) is 15.0. The molecule has 1 atom stereocenters. The van der Waals surface area contributed by atoms with E-state index in [0.717, 1.165) is 25.3 Å². The van der Waals surface area contributed by atoms with Crippen LogP contribution in [0.4, 0.5) is 0 Å². The van der Waals surface area contributed by atoms with Gasteiger partial charge < -0.3 is 15.8 Å². The van der Waals surface area contributed by atoms with E-state index in [-0.39, 0.29) is 5.91 Å². The molecule has 24 heavy (non-hydrogen) atoms. The summed E-state index contributed by atoms with van der Waals surface area (Å²) >= 11 is 0. The summed E-state index contributed by atoms with van der Waals surface area (Å²) < 4.78 is 6.04. The van der Waals surface area contributed by atoms with Crippen LogP contribution in [-0.4, -0.2) is 49.6 Å². The minimum absolute atomic E-state index is 0.0507. The lowest BCUT2D eigenvalue weighted by molar-refractivity contribution is -0.121. The second kappa shape index (κ2) is 9.64. The number of carbonyl (C=O) groups is 1. The van der Waals surface area contributed by atoms with Crippen molar-refractivity contribution in [3.8, 4) is 5.75 Å². The van der Waals surface area contributed by atoms with E-state index in [1.165, 1.54) is 24.0 Å². The Morgan fingerprint density at radius 2 is 2.08 bits per heavy atom. The molecule has 134 valence electrons. The number of likely N-dealkylation sites (tertiary alicyclic amines) is 1. The molecule has 3 N–H and O–H groups in total. The number of amides is 1. The van der Waals surface area contributed by atoms with Gasteiger partial charge in [-0.3, -0.25) is 9.69 Å². The molecule has 1 heterocycles. The van der Waals surface area contributed by atoms with Gasteiger partial charge >= 0.3 is 0 Å². The quantitative estimate of drug-likeness (QED) is 0.763. The van der Waals surface area contributed by atoms with E-state index in [0.29, 0.717) is 32.2 Å². The highest BCUT2D eigenvalue weighted by atomic mass is 16.5. The molecule has 0 aromatic heterocycles. The van der Waals surface area contributed by atoms with Gasteiger partial charge in [0.25, 0.3) is 0 Å². The highest BCUT2D eigenvalue weighted by molar-refractivity contribution is 5.76. The summed E-state index contributed by atoms with van der Waals surface area (Å²) in [5.74, 6) is 1.05. The summed E-state index contributed by atoms with van der Waals surface area (Å²) in [7, 11) is 0. The lowest BCUT2D eigenvalue weighted by Crippen LogP contribution is -2.48. The number of rotatable bonds is 8. The summed E-state index contributed by atoms with van der Waals surface area (Å²) in [5, 5.41) is 3.01. The van der Waals surface area contributed by atoms with E-state index in [9.17, 15) is 4.79 Å². The first kappa shape index (κ1) is 18.7. The number of hydrogen-bond acceptors (Lipinski definition) is 4. The van der Waals surface area contributed by atoms with Gasteiger partial charge in [0, 0.05) is 32.1 Å². The van der Waals surface area contributed by atoms with Gasteiger partial charge in [-0.05, 0) is 44.4 Å². The van der Waals surface area contributed by atoms with Gasteiger partial charge in [-0.1, -0.05) is 24.6 Å². The molecular formula is C19H31N3O2. The second-order valence-electron chi connectivity index (χ2n) is 6.60. The van der Waals surface area contributed by atoms with E-state index >= 15 is 0 Å². The van der Waals surface area contributed by atoms with Crippen molar-refractivity contribution in [3.63, 3.8) is 0 Å². The zero-order valence-corrected chi connectivity index (χ0v) is 15.0. The number of nitrogens with zero attached hydrogens (tertiary/aromatic N) is 1. The molecule has 0 saturated carbocycles. The molecule has 1 aliphatic rings. The number of para-hydroxylation sites is 1. The Hall–Kier alpha value is -1.59. The van der Waals surface area contributed by atoms with Crippen LogP contribution in [0.5, 0.6) is 5.75 Å². The van der Waals surface area contributed by atoms with E-state index in [4.69, 9.17) is 10.5 Å². The highest BCUT2D eigenvalue weighted by Crippen LogP contribution is 2.22. The normalized spacial score (nSPS) is 18.4. The van der Waals surface area contributed by atoms with Gasteiger partial charge in [0.1, 0.15) is 12.4 Å². The van der Waals surface area contributed by atoms with Gasteiger partial charge in [-0.15, -0.1) is 0 Å². The summed E-state index contributed by atoms with van der Waals surface area (Å²) in [6.07, 6.45) is 3.98. The Kier molecular flexibility index (Phi) is 7.53. The molecule has 0 bridgehead atoms. The third kappa shape index (κ3) is 5.49. The van der Waals surface area contributed by atoms with Crippen molar-refractivity contribution in [1.82, 2.24) is 10.2 Å². The second-order valence-corrected chi connectivity index (χ2v) is 6.60. The van der Waals surface area contributed by atoms with Crippen LogP contribution < -0.4 is 15.8 Å². The van der Waals surface area contributed by atoms with Gasteiger partial charge in [0.15, 0.2) is 0 Å². The molecule has 1 fully saturated rings. The van der Waals surface area contributed by atoms with Gasteiger partial charge in [0.05, 0.1) is 0 Å². The van der Waals surface area contributed by atoms with Crippen molar-refractivity contribution in [2.75, 3.05) is 32.8 Å². The SMILES string of the molecule is Cc1cccc(C)c1OCCN1CCCCC1CNC(=O)CCN. The van der Waals surface area contributed by atoms with Crippen LogP contribution in [0.3, 0.4) is 0 Å². The maximum absolute atomic E-state index is 11.6. The summed E-state index contributed by atoms with van der Waals surface area (Å²) in [5.41, 5.74) is 7.78. The van der Waals surface area contributed by atoms with Crippen molar-refractivity contribution in [2.45, 2.75) is 45.6 Å². The maximum atomic E-state index is 11.6. The summed E-state index contributed by atoms with van der Waals surface area (Å²) in [4.78, 5) is 14.1. The van der Waals surface area contributed by atoms with Crippen LogP contribution in [0.2, 0.25) is 0 Å². The molecule has 1 saturated heterocycles. The number of carbonyl (C=O) groups excluding carboxylic acids is 1. The Morgan fingerprint density at radius 3 is 2.79 bits per heavy atom. The molecule has 1 aromatic rings. The average molecular weight is 333 g/mol. The van der Waals surface area contributed by atoms with E-state index in [1.807, 2.05) is 0 Å². The van der Waals surface area contributed by atoms with Crippen molar-refractivity contribution in [1.29, 1.82) is 0 Å². The molecule has 0 aliphatic carbocycles. The van der Waals surface area contributed by atoms with E-state index < -0.39 is 0 Å². The van der Waals surface area contributed by atoms with Crippen LogP contribution in [0, 0.1) is 13.8 Å².